The molecule has 1 aliphatic rings. The fourth-order valence-electron chi connectivity index (χ4n) is 5.20. The zero-order valence-corrected chi connectivity index (χ0v) is 22.9. The number of hydrogen-bond donors (Lipinski definition) is 2. The summed E-state index contributed by atoms with van der Waals surface area (Å²) < 4.78 is 34.7. The molecule has 1 aliphatic heterocycles. The summed E-state index contributed by atoms with van der Waals surface area (Å²) in [4.78, 5) is 25.8. The number of aromatic amines is 1. The molecule has 1 saturated heterocycles. The number of nitrogens with one attached hydrogen (secondary N) is 1. The van der Waals surface area contributed by atoms with Gasteiger partial charge in [-0.2, -0.15) is 4.31 Å². The molecule has 3 atom stereocenters. The molecule has 2 aromatic heterocycles. The van der Waals surface area contributed by atoms with E-state index in [-0.39, 0.29) is 25.7 Å². The number of piperazine rings is 1. The second kappa shape index (κ2) is 11.0. The molecule has 3 unspecified atom stereocenters. The predicted octanol–water partition coefficient (Wildman–Crippen LogP) is 3.30. The van der Waals surface area contributed by atoms with Crippen molar-refractivity contribution in [2.45, 2.75) is 23.9 Å². The lowest BCUT2D eigenvalue weighted by Gasteiger charge is -2.44. The van der Waals surface area contributed by atoms with Gasteiger partial charge in [-0.05, 0) is 42.0 Å². The Labute approximate surface area is 231 Å². The molecular formula is C27H29ClN6O4S. The van der Waals surface area contributed by atoms with E-state index in [1.165, 1.54) is 16.7 Å². The SMILES string of the molecule is C=CC(c1cc2cc(Cl)ccc2[nH]1)S(=O)(=O)N1CC(C=O)N(Cc2ccc3c(N)ncnc3c2)C(COC)C1. The second-order valence-electron chi connectivity index (χ2n) is 9.57. The molecular weight excluding hydrogens is 540 g/mol. The van der Waals surface area contributed by atoms with Gasteiger partial charge < -0.3 is 20.2 Å². The molecule has 3 N–H and O–H groups in total. The quantitative estimate of drug-likeness (QED) is 0.232. The standard InChI is InChI=1S/C27H29ClN6O4S/c1-3-26(25-10-18-9-19(28)5-7-23(18)32-25)39(36,37)33-12-20(14-35)34(21(13-33)15-38-2)11-17-4-6-22-24(8-17)30-16-31-27(22)29/h3-10,14,16,20-21,26,32H,1,11-13,15H2,2H3,(H2,29,30,31). The molecule has 10 nitrogen and oxygen atoms in total. The lowest BCUT2D eigenvalue weighted by atomic mass is 10.1. The highest BCUT2D eigenvalue weighted by atomic mass is 35.5. The van der Waals surface area contributed by atoms with Crippen LogP contribution in [0.4, 0.5) is 5.82 Å². The zero-order valence-electron chi connectivity index (χ0n) is 21.3. The average molecular weight is 569 g/mol. The largest absolute Gasteiger partial charge is 0.383 e. The Morgan fingerprint density at radius 1 is 1.23 bits per heavy atom. The minimum Gasteiger partial charge on any atom is -0.383 e. The van der Waals surface area contributed by atoms with E-state index in [0.717, 1.165) is 28.1 Å². The van der Waals surface area contributed by atoms with Gasteiger partial charge in [-0.1, -0.05) is 23.7 Å². The first-order valence-electron chi connectivity index (χ1n) is 12.3. The molecule has 0 aliphatic carbocycles. The number of aldehydes is 1. The Morgan fingerprint density at radius 2 is 2.05 bits per heavy atom. The molecule has 5 rings (SSSR count). The van der Waals surface area contributed by atoms with Crippen LogP contribution in [0.2, 0.25) is 5.02 Å². The van der Waals surface area contributed by atoms with Gasteiger partial charge >= 0.3 is 0 Å². The summed E-state index contributed by atoms with van der Waals surface area (Å²) in [6.07, 6.45) is 3.60. The Morgan fingerprint density at radius 3 is 2.79 bits per heavy atom. The van der Waals surface area contributed by atoms with Gasteiger partial charge in [-0.25, -0.2) is 18.4 Å². The van der Waals surface area contributed by atoms with Crippen LogP contribution in [-0.4, -0.2) is 77.8 Å². The highest BCUT2D eigenvalue weighted by molar-refractivity contribution is 7.89. The first-order chi connectivity index (χ1) is 18.7. The van der Waals surface area contributed by atoms with E-state index < -0.39 is 21.3 Å². The number of nitrogens with two attached hydrogens (primary N) is 1. The molecule has 4 aromatic rings. The number of hydrogen-bond acceptors (Lipinski definition) is 8. The van der Waals surface area contributed by atoms with E-state index >= 15 is 0 Å². The maximum atomic E-state index is 13.9. The normalized spacial score (nSPS) is 19.8. The van der Waals surface area contributed by atoms with Crippen LogP contribution in [-0.2, 0) is 26.1 Å². The predicted molar refractivity (Wildman–Crippen MR) is 152 cm³/mol. The third-order valence-corrected chi connectivity index (χ3v) is 9.46. The number of anilines is 1. The second-order valence-corrected chi connectivity index (χ2v) is 12.1. The summed E-state index contributed by atoms with van der Waals surface area (Å²) in [5.74, 6) is 0.392. The first-order valence-corrected chi connectivity index (χ1v) is 14.2. The molecule has 2 aromatic carbocycles. The van der Waals surface area contributed by atoms with Gasteiger partial charge in [0.1, 0.15) is 23.7 Å². The van der Waals surface area contributed by atoms with Crippen molar-refractivity contribution in [3.05, 3.63) is 77.7 Å². The fraction of sp³-hybridized carbons (Fsp3) is 0.296. The van der Waals surface area contributed by atoms with Crippen molar-refractivity contribution in [2.24, 2.45) is 0 Å². The summed E-state index contributed by atoms with van der Waals surface area (Å²) in [6, 6.07) is 11.7. The number of methoxy groups -OCH3 is 1. The molecule has 0 amide bonds. The number of benzene rings is 2. The maximum Gasteiger partial charge on any atom is 0.226 e. The molecule has 0 radical (unpaired) electrons. The number of nitrogen functional groups attached to an aromatic ring is 1. The van der Waals surface area contributed by atoms with E-state index in [1.807, 2.05) is 23.1 Å². The Bertz CT molecular complexity index is 1640. The maximum absolute atomic E-state index is 13.9. The van der Waals surface area contributed by atoms with Crippen LogP contribution >= 0.6 is 11.6 Å². The van der Waals surface area contributed by atoms with Crippen molar-refractivity contribution in [3.63, 3.8) is 0 Å². The van der Waals surface area contributed by atoms with Crippen LogP contribution in [0.5, 0.6) is 0 Å². The summed E-state index contributed by atoms with van der Waals surface area (Å²) in [5, 5.41) is 1.07. The van der Waals surface area contributed by atoms with Gasteiger partial charge in [0.25, 0.3) is 0 Å². The van der Waals surface area contributed by atoms with Crippen molar-refractivity contribution in [1.29, 1.82) is 0 Å². The van der Waals surface area contributed by atoms with Crippen molar-refractivity contribution in [3.8, 4) is 0 Å². The number of nitrogens with zero attached hydrogens (tertiary/aromatic N) is 4. The van der Waals surface area contributed by atoms with Crippen LogP contribution in [0, 0.1) is 0 Å². The molecule has 39 heavy (non-hydrogen) atoms. The number of rotatable bonds is 9. The van der Waals surface area contributed by atoms with Gasteiger partial charge in [0.15, 0.2) is 0 Å². The molecule has 0 spiro atoms. The summed E-state index contributed by atoms with van der Waals surface area (Å²) in [6.45, 7) is 4.60. The zero-order chi connectivity index (χ0) is 27.7. The number of carbonyl (C=O) groups is 1. The highest BCUT2D eigenvalue weighted by Gasteiger charge is 2.42. The van der Waals surface area contributed by atoms with Crippen LogP contribution in [0.25, 0.3) is 21.8 Å². The molecule has 12 heteroatoms. The van der Waals surface area contributed by atoms with Crippen molar-refractivity contribution in [2.75, 3.05) is 32.5 Å². The van der Waals surface area contributed by atoms with Gasteiger partial charge in [-0.3, -0.25) is 4.90 Å². The van der Waals surface area contributed by atoms with E-state index in [4.69, 9.17) is 22.1 Å². The molecule has 204 valence electrons. The number of carbonyl (C=O) groups excluding carboxylic acids is 1. The summed E-state index contributed by atoms with van der Waals surface area (Å²) in [7, 11) is -2.38. The van der Waals surface area contributed by atoms with E-state index in [1.54, 1.807) is 31.4 Å². The summed E-state index contributed by atoms with van der Waals surface area (Å²) >= 11 is 6.12. The molecule has 1 fully saturated rings. The van der Waals surface area contributed by atoms with Gasteiger partial charge in [-0.15, -0.1) is 6.58 Å². The number of ether oxygens (including phenoxy) is 1. The lowest BCUT2D eigenvalue weighted by molar-refractivity contribution is -0.116. The first kappa shape index (κ1) is 27.2. The Kier molecular flexibility index (Phi) is 7.70. The topological polar surface area (TPSA) is 135 Å². The molecule has 0 saturated carbocycles. The number of H-pyrrole nitrogens is 1. The molecule has 3 heterocycles. The van der Waals surface area contributed by atoms with Crippen LogP contribution in [0.1, 0.15) is 16.5 Å². The highest BCUT2D eigenvalue weighted by Crippen LogP contribution is 2.32. The third kappa shape index (κ3) is 5.28. The Hall–Kier alpha value is -3.35. The van der Waals surface area contributed by atoms with Crippen molar-refractivity contribution >= 4 is 55.5 Å². The van der Waals surface area contributed by atoms with E-state index in [2.05, 4.69) is 21.5 Å². The monoisotopic (exact) mass is 568 g/mol. The van der Waals surface area contributed by atoms with Gasteiger partial charge in [0.05, 0.1) is 18.2 Å². The summed E-state index contributed by atoms with van der Waals surface area (Å²) in [5.41, 5.74) is 8.81. The number of halogens is 1. The third-order valence-electron chi connectivity index (χ3n) is 7.12. The molecule has 0 bridgehead atoms. The minimum atomic E-state index is -3.93. The number of fused-ring (bicyclic) bond motifs is 2. The lowest BCUT2D eigenvalue weighted by Crippen LogP contribution is -2.61. The van der Waals surface area contributed by atoms with Crippen LogP contribution in [0.3, 0.4) is 0 Å². The number of sulfonamides is 1. The van der Waals surface area contributed by atoms with Crippen molar-refractivity contribution < 1.29 is 17.9 Å². The van der Waals surface area contributed by atoms with Crippen molar-refractivity contribution in [1.82, 2.24) is 24.2 Å². The van der Waals surface area contributed by atoms with E-state index in [0.29, 0.717) is 28.6 Å². The Balaban J connectivity index is 1.43. The van der Waals surface area contributed by atoms with Gasteiger partial charge in [0, 0.05) is 59.8 Å². The smallest absolute Gasteiger partial charge is 0.226 e. The number of aromatic nitrogens is 3. The van der Waals surface area contributed by atoms with Crippen LogP contribution in [0.15, 0.2) is 61.4 Å². The van der Waals surface area contributed by atoms with E-state index in [9.17, 15) is 13.2 Å². The average Bonchev–Trinajstić information content (AvgIpc) is 3.32. The minimum absolute atomic E-state index is 0.00510. The van der Waals surface area contributed by atoms with Crippen LogP contribution < -0.4 is 5.73 Å². The fourth-order valence-corrected chi connectivity index (χ4v) is 7.13. The van der Waals surface area contributed by atoms with Gasteiger partial charge in [0.2, 0.25) is 10.0 Å².